The van der Waals surface area contributed by atoms with E-state index in [9.17, 15) is 9.59 Å². The van der Waals surface area contributed by atoms with E-state index in [1.54, 1.807) is 12.1 Å². The van der Waals surface area contributed by atoms with Crippen molar-refractivity contribution in [3.8, 4) is 17.2 Å². The summed E-state index contributed by atoms with van der Waals surface area (Å²) in [6, 6.07) is 3.44. The van der Waals surface area contributed by atoms with Gasteiger partial charge in [0.2, 0.25) is 17.6 Å². The zero-order valence-corrected chi connectivity index (χ0v) is 17.3. The molecule has 27 heavy (non-hydrogen) atoms. The minimum absolute atomic E-state index is 0.145. The average molecular weight is 380 g/mol. The maximum absolute atomic E-state index is 12.3. The number of methoxy groups -OCH3 is 3. The van der Waals surface area contributed by atoms with Gasteiger partial charge in [-0.05, 0) is 24.0 Å². The molecule has 0 bridgehead atoms. The van der Waals surface area contributed by atoms with Gasteiger partial charge in [0.1, 0.15) is 6.17 Å². The van der Waals surface area contributed by atoms with Crippen LogP contribution in [0.2, 0.25) is 0 Å². The van der Waals surface area contributed by atoms with Crippen LogP contribution in [-0.4, -0.2) is 33.1 Å². The lowest BCUT2D eigenvalue weighted by atomic mass is 10.1. The van der Waals surface area contributed by atoms with E-state index in [0.29, 0.717) is 35.7 Å². The molecule has 2 N–H and O–H groups in total. The van der Waals surface area contributed by atoms with Gasteiger partial charge in [-0.2, -0.15) is 0 Å². The zero-order valence-electron chi connectivity index (χ0n) is 17.3. The highest BCUT2D eigenvalue weighted by molar-refractivity contribution is 5.80. The number of hydrogen-bond acceptors (Lipinski definition) is 5. The molecule has 0 saturated carbocycles. The Kier molecular flexibility index (Phi) is 8.91. The van der Waals surface area contributed by atoms with Crippen LogP contribution >= 0.6 is 0 Å². The van der Waals surface area contributed by atoms with Crippen LogP contribution in [0.5, 0.6) is 17.2 Å². The van der Waals surface area contributed by atoms with Gasteiger partial charge in [0.25, 0.3) is 0 Å². The summed E-state index contributed by atoms with van der Waals surface area (Å²) in [5.41, 5.74) is 0.638. The van der Waals surface area contributed by atoms with E-state index in [-0.39, 0.29) is 23.7 Å². The van der Waals surface area contributed by atoms with Gasteiger partial charge in [0, 0.05) is 18.4 Å². The Labute approximate surface area is 161 Å². The number of carbonyl (C=O) groups excluding carboxylic acids is 2. The monoisotopic (exact) mass is 380 g/mol. The van der Waals surface area contributed by atoms with Crippen LogP contribution in [0.25, 0.3) is 0 Å². The van der Waals surface area contributed by atoms with Crippen molar-refractivity contribution >= 4 is 11.8 Å². The largest absolute Gasteiger partial charge is 0.493 e. The van der Waals surface area contributed by atoms with Crippen molar-refractivity contribution in [3.63, 3.8) is 0 Å². The van der Waals surface area contributed by atoms with Gasteiger partial charge in [-0.1, -0.05) is 27.7 Å². The molecule has 0 atom stereocenters. The van der Waals surface area contributed by atoms with Crippen molar-refractivity contribution < 1.29 is 23.8 Å². The lowest BCUT2D eigenvalue weighted by Gasteiger charge is -2.23. The van der Waals surface area contributed by atoms with Crippen LogP contribution in [0.4, 0.5) is 0 Å². The van der Waals surface area contributed by atoms with Crippen molar-refractivity contribution in [1.29, 1.82) is 0 Å². The number of benzene rings is 1. The summed E-state index contributed by atoms with van der Waals surface area (Å²) in [6.07, 6.45) is 0.0262. The smallest absolute Gasteiger partial charge is 0.222 e. The summed E-state index contributed by atoms with van der Waals surface area (Å²) < 4.78 is 16.1. The summed E-state index contributed by atoms with van der Waals surface area (Å²) in [7, 11) is 4.56. The molecule has 0 aliphatic carbocycles. The third kappa shape index (κ3) is 7.00. The molecule has 0 heterocycles. The van der Waals surface area contributed by atoms with E-state index in [0.717, 1.165) is 0 Å². The van der Waals surface area contributed by atoms with Gasteiger partial charge in [-0.25, -0.2) is 0 Å². The predicted octanol–water partition coefficient (Wildman–Crippen LogP) is 3.04. The Morgan fingerprint density at radius 3 is 1.52 bits per heavy atom. The van der Waals surface area contributed by atoms with Gasteiger partial charge in [0.05, 0.1) is 21.3 Å². The van der Waals surface area contributed by atoms with E-state index in [1.165, 1.54) is 21.3 Å². The van der Waals surface area contributed by atoms with E-state index in [1.807, 2.05) is 27.7 Å². The number of amides is 2. The average Bonchev–Trinajstić information content (AvgIpc) is 2.58. The van der Waals surface area contributed by atoms with Gasteiger partial charge in [0.15, 0.2) is 11.5 Å². The molecule has 1 aromatic rings. The quantitative estimate of drug-likeness (QED) is 0.610. The fraction of sp³-hybridized carbons (Fsp3) is 0.600. The third-order valence-electron chi connectivity index (χ3n) is 3.82. The highest BCUT2D eigenvalue weighted by Crippen LogP contribution is 2.39. The van der Waals surface area contributed by atoms with Crippen LogP contribution in [-0.2, 0) is 9.59 Å². The van der Waals surface area contributed by atoms with Crippen LogP contribution in [0.15, 0.2) is 12.1 Å². The van der Waals surface area contributed by atoms with E-state index >= 15 is 0 Å². The molecule has 0 aliphatic rings. The molecule has 1 rings (SSSR count). The lowest BCUT2D eigenvalue weighted by molar-refractivity contribution is -0.125. The maximum atomic E-state index is 12.3. The summed E-state index contributed by atoms with van der Waals surface area (Å²) in [5, 5.41) is 5.77. The Morgan fingerprint density at radius 2 is 1.22 bits per heavy atom. The predicted molar refractivity (Wildman–Crippen MR) is 104 cm³/mol. The van der Waals surface area contributed by atoms with Gasteiger partial charge >= 0.3 is 0 Å². The third-order valence-corrected chi connectivity index (χ3v) is 3.82. The molecule has 1 aromatic carbocycles. The molecule has 0 aromatic heterocycles. The van der Waals surface area contributed by atoms with E-state index in [2.05, 4.69) is 10.6 Å². The fourth-order valence-corrected chi connectivity index (χ4v) is 2.65. The molecular weight excluding hydrogens is 348 g/mol. The Hall–Kier alpha value is -2.44. The van der Waals surface area contributed by atoms with Gasteiger partial charge < -0.3 is 24.8 Å². The van der Waals surface area contributed by atoms with Crippen molar-refractivity contribution in [1.82, 2.24) is 10.6 Å². The molecular formula is C20H32N2O5. The molecule has 0 radical (unpaired) electrons. The molecule has 152 valence electrons. The maximum Gasteiger partial charge on any atom is 0.222 e. The first kappa shape index (κ1) is 22.6. The number of ether oxygens (including phenoxy) is 3. The SMILES string of the molecule is COc1cc(C(NC(=O)CC(C)C)NC(=O)CC(C)C)cc(OC)c1OC. The van der Waals surface area contributed by atoms with Crippen molar-refractivity contribution in [3.05, 3.63) is 17.7 Å². The molecule has 0 aliphatic heterocycles. The number of nitrogens with one attached hydrogen (secondary N) is 2. The van der Waals surface area contributed by atoms with Gasteiger partial charge in [-0.3, -0.25) is 9.59 Å². The minimum Gasteiger partial charge on any atom is -0.493 e. The Balaban J connectivity index is 3.23. The minimum atomic E-state index is -0.698. The Bertz CT molecular complexity index is 594. The second kappa shape index (κ2) is 10.6. The number of rotatable bonds is 10. The molecule has 0 fully saturated rings. The first-order valence-electron chi connectivity index (χ1n) is 9.10. The molecule has 0 spiro atoms. The molecule has 0 unspecified atom stereocenters. The zero-order chi connectivity index (χ0) is 20.6. The summed E-state index contributed by atoms with van der Waals surface area (Å²) in [4.78, 5) is 24.6. The molecule has 7 heteroatoms. The molecule has 0 saturated heterocycles. The van der Waals surface area contributed by atoms with E-state index in [4.69, 9.17) is 14.2 Å². The first-order chi connectivity index (χ1) is 12.7. The van der Waals surface area contributed by atoms with Crippen molar-refractivity contribution in [2.45, 2.75) is 46.7 Å². The Morgan fingerprint density at radius 1 is 0.815 bits per heavy atom. The van der Waals surface area contributed by atoms with Crippen LogP contribution in [0.1, 0.15) is 52.3 Å². The summed E-state index contributed by atoms with van der Waals surface area (Å²) >= 11 is 0. The van der Waals surface area contributed by atoms with Crippen molar-refractivity contribution in [2.24, 2.45) is 11.8 Å². The summed E-state index contributed by atoms with van der Waals surface area (Å²) in [5.74, 6) is 1.47. The second-order valence-electron chi connectivity index (χ2n) is 7.22. The van der Waals surface area contributed by atoms with Gasteiger partial charge in [-0.15, -0.1) is 0 Å². The standard InChI is InChI=1S/C20H32N2O5/c1-12(2)8-17(23)21-20(22-18(24)9-13(3)4)14-10-15(25-5)19(27-7)16(11-14)26-6/h10-13,20H,8-9H2,1-7H3,(H,21,23)(H,22,24). The first-order valence-corrected chi connectivity index (χ1v) is 9.10. The number of hydrogen-bond donors (Lipinski definition) is 2. The molecule has 2 amide bonds. The van der Waals surface area contributed by atoms with Crippen LogP contribution in [0, 0.1) is 11.8 Å². The molecule has 7 nitrogen and oxygen atoms in total. The lowest BCUT2D eigenvalue weighted by Crippen LogP contribution is -2.41. The number of carbonyl (C=O) groups is 2. The van der Waals surface area contributed by atoms with Crippen LogP contribution < -0.4 is 24.8 Å². The van der Waals surface area contributed by atoms with E-state index < -0.39 is 6.17 Å². The van der Waals surface area contributed by atoms with Crippen LogP contribution in [0.3, 0.4) is 0 Å². The fourth-order valence-electron chi connectivity index (χ4n) is 2.65. The van der Waals surface area contributed by atoms with Crippen molar-refractivity contribution in [2.75, 3.05) is 21.3 Å². The second-order valence-corrected chi connectivity index (χ2v) is 7.22. The topological polar surface area (TPSA) is 85.9 Å². The summed E-state index contributed by atoms with van der Waals surface area (Å²) in [6.45, 7) is 7.85. The normalized spacial score (nSPS) is 10.9. The highest BCUT2D eigenvalue weighted by atomic mass is 16.5. The highest BCUT2D eigenvalue weighted by Gasteiger charge is 2.22.